The summed E-state index contributed by atoms with van der Waals surface area (Å²) in [6.45, 7) is 6.69. The number of nitrogens with one attached hydrogen (secondary N) is 2. The van der Waals surface area contributed by atoms with Crippen LogP contribution in [-0.4, -0.2) is 21.5 Å². The first-order valence-electron chi connectivity index (χ1n) is 7.60. The van der Waals surface area contributed by atoms with E-state index in [1.807, 2.05) is 27.0 Å². The molecule has 2 atom stereocenters. The van der Waals surface area contributed by atoms with Crippen molar-refractivity contribution in [2.24, 2.45) is 5.92 Å². The Balaban J connectivity index is 2.30. The van der Waals surface area contributed by atoms with Gasteiger partial charge in [-0.3, -0.25) is 0 Å². The van der Waals surface area contributed by atoms with Crippen LogP contribution >= 0.6 is 0 Å². The van der Waals surface area contributed by atoms with E-state index in [1.54, 1.807) is 6.07 Å². The molecule has 21 heavy (non-hydrogen) atoms. The van der Waals surface area contributed by atoms with E-state index >= 15 is 0 Å². The standard InChI is InChI=1S/C16H26N2O2S/c1-11-5-6-15(7-11)18-21(19,20)16-9-14(10-17-4)8-12(2)13(16)3/h8-9,11,15,17-18H,5-7,10H2,1-4H3. The first-order chi connectivity index (χ1) is 9.83. The molecule has 2 N–H and O–H groups in total. The summed E-state index contributed by atoms with van der Waals surface area (Å²) in [6.07, 6.45) is 2.98. The molecular weight excluding hydrogens is 284 g/mol. The van der Waals surface area contributed by atoms with Crippen LogP contribution in [0.15, 0.2) is 17.0 Å². The van der Waals surface area contributed by atoms with Crippen molar-refractivity contribution in [1.82, 2.24) is 10.0 Å². The molecule has 0 radical (unpaired) electrons. The van der Waals surface area contributed by atoms with Gasteiger partial charge in [0, 0.05) is 12.6 Å². The molecule has 4 nitrogen and oxygen atoms in total. The van der Waals surface area contributed by atoms with Gasteiger partial charge in [0.15, 0.2) is 0 Å². The number of benzene rings is 1. The highest BCUT2D eigenvalue weighted by Gasteiger charge is 2.27. The molecule has 2 unspecified atom stereocenters. The number of hydrogen-bond donors (Lipinski definition) is 2. The normalized spacial score (nSPS) is 22.7. The van der Waals surface area contributed by atoms with Gasteiger partial charge in [-0.15, -0.1) is 0 Å². The molecule has 2 rings (SSSR count). The van der Waals surface area contributed by atoms with Crippen LogP contribution in [-0.2, 0) is 16.6 Å². The van der Waals surface area contributed by atoms with Crippen molar-refractivity contribution in [3.8, 4) is 0 Å². The number of aryl methyl sites for hydroxylation is 1. The van der Waals surface area contributed by atoms with Gasteiger partial charge >= 0.3 is 0 Å². The lowest BCUT2D eigenvalue weighted by Crippen LogP contribution is -2.33. The molecule has 0 heterocycles. The zero-order chi connectivity index (χ0) is 15.6. The molecule has 1 aromatic carbocycles. The topological polar surface area (TPSA) is 58.2 Å². The van der Waals surface area contributed by atoms with Gasteiger partial charge in [-0.2, -0.15) is 0 Å². The van der Waals surface area contributed by atoms with Gasteiger partial charge in [0.1, 0.15) is 0 Å². The zero-order valence-electron chi connectivity index (χ0n) is 13.4. The average molecular weight is 310 g/mol. The number of sulfonamides is 1. The second-order valence-corrected chi connectivity index (χ2v) is 7.99. The Bertz CT molecular complexity index is 611. The number of rotatable bonds is 5. The van der Waals surface area contributed by atoms with Gasteiger partial charge in [-0.05, 0) is 68.8 Å². The molecule has 0 spiro atoms. The molecule has 0 saturated heterocycles. The molecule has 118 valence electrons. The van der Waals surface area contributed by atoms with E-state index in [0.29, 0.717) is 17.4 Å². The molecule has 1 saturated carbocycles. The van der Waals surface area contributed by atoms with Gasteiger partial charge in [0.2, 0.25) is 10.0 Å². The van der Waals surface area contributed by atoms with Crippen LogP contribution in [0.25, 0.3) is 0 Å². The van der Waals surface area contributed by atoms with Gasteiger partial charge in [0.05, 0.1) is 4.90 Å². The Labute approximate surface area is 128 Å². The van der Waals surface area contributed by atoms with E-state index in [1.165, 1.54) is 0 Å². The fourth-order valence-corrected chi connectivity index (χ4v) is 4.73. The molecule has 5 heteroatoms. The van der Waals surface area contributed by atoms with E-state index in [9.17, 15) is 8.42 Å². The average Bonchev–Trinajstić information content (AvgIpc) is 2.78. The largest absolute Gasteiger partial charge is 0.316 e. The maximum Gasteiger partial charge on any atom is 0.241 e. The van der Waals surface area contributed by atoms with Crippen molar-refractivity contribution in [2.45, 2.75) is 57.5 Å². The Hall–Kier alpha value is -0.910. The van der Waals surface area contributed by atoms with Gasteiger partial charge in [-0.1, -0.05) is 13.0 Å². The molecule has 0 bridgehead atoms. The van der Waals surface area contributed by atoms with Gasteiger partial charge in [0.25, 0.3) is 0 Å². The third-order valence-electron chi connectivity index (χ3n) is 4.37. The number of hydrogen-bond acceptors (Lipinski definition) is 3. The minimum atomic E-state index is -3.44. The zero-order valence-corrected chi connectivity index (χ0v) is 14.2. The van der Waals surface area contributed by atoms with Crippen molar-refractivity contribution < 1.29 is 8.42 Å². The minimum Gasteiger partial charge on any atom is -0.316 e. The minimum absolute atomic E-state index is 0.0812. The van der Waals surface area contributed by atoms with Crippen LogP contribution in [0.4, 0.5) is 0 Å². The van der Waals surface area contributed by atoms with Crippen molar-refractivity contribution in [3.05, 3.63) is 28.8 Å². The summed E-state index contributed by atoms with van der Waals surface area (Å²) in [5.41, 5.74) is 2.86. The highest BCUT2D eigenvalue weighted by atomic mass is 32.2. The summed E-state index contributed by atoms with van der Waals surface area (Å²) in [4.78, 5) is 0.423. The molecule has 0 aromatic heterocycles. The third kappa shape index (κ3) is 3.84. The van der Waals surface area contributed by atoms with E-state index in [0.717, 1.165) is 36.0 Å². The summed E-state index contributed by atoms with van der Waals surface area (Å²) in [6, 6.07) is 3.92. The lowest BCUT2D eigenvalue weighted by Gasteiger charge is -2.17. The van der Waals surface area contributed by atoms with Crippen LogP contribution in [0.2, 0.25) is 0 Å². The first-order valence-corrected chi connectivity index (χ1v) is 9.09. The summed E-state index contributed by atoms with van der Waals surface area (Å²) < 4.78 is 28.3. The predicted molar refractivity (Wildman–Crippen MR) is 85.8 cm³/mol. The Morgan fingerprint density at radius 3 is 2.52 bits per heavy atom. The smallest absolute Gasteiger partial charge is 0.241 e. The van der Waals surface area contributed by atoms with Crippen molar-refractivity contribution in [1.29, 1.82) is 0 Å². The summed E-state index contributed by atoms with van der Waals surface area (Å²) in [5, 5.41) is 3.07. The molecule has 1 aliphatic rings. The highest BCUT2D eigenvalue weighted by Crippen LogP contribution is 2.27. The summed E-state index contributed by atoms with van der Waals surface area (Å²) in [7, 11) is -1.58. The van der Waals surface area contributed by atoms with Crippen LogP contribution in [0.5, 0.6) is 0 Å². The van der Waals surface area contributed by atoms with E-state index in [4.69, 9.17) is 0 Å². The van der Waals surface area contributed by atoms with Gasteiger partial charge < -0.3 is 5.32 Å². The van der Waals surface area contributed by atoms with Crippen molar-refractivity contribution in [3.63, 3.8) is 0 Å². The van der Waals surface area contributed by atoms with E-state index < -0.39 is 10.0 Å². The second-order valence-electron chi connectivity index (χ2n) is 6.30. The lowest BCUT2D eigenvalue weighted by atomic mass is 10.1. The monoisotopic (exact) mass is 310 g/mol. The maximum absolute atomic E-state index is 12.7. The van der Waals surface area contributed by atoms with E-state index in [2.05, 4.69) is 17.0 Å². The first kappa shape index (κ1) is 16.5. The molecule has 1 aromatic rings. The van der Waals surface area contributed by atoms with Crippen LogP contribution in [0, 0.1) is 19.8 Å². The SMILES string of the molecule is CNCc1cc(C)c(C)c(S(=O)(=O)NC2CCC(C)C2)c1. The quantitative estimate of drug-likeness (QED) is 0.878. The summed E-state index contributed by atoms with van der Waals surface area (Å²) in [5.74, 6) is 0.608. The van der Waals surface area contributed by atoms with Gasteiger partial charge in [-0.25, -0.2) is 13.1 Å². The fraction of sp³-hybridized carbons (Fsp3) is 0.625. The van der Waals surface area contributed by atoms with E-state index in [-0.39, 0.29) is 6.04 Å². The maximum atomic E-state index is 12.7. The van der Waals surface area contributed by atoms with Crippen LogP contribution in [0.3, 0.4) is 0 Å². The molecule has 0 amide bonds. The Morgan fingerprint density at radius 2 is 1.95 bits per heavy atom. The Morgan fingerprint density at radius 1 is 1.24 bits per heavy atom. The third-order valence-corrected chi connectivity index (χ3v) is 6.01. The molecule has 0 aliphatic heterocycles. The molecule has 1 aliphatic carbocycles. The summed E-state index contributed by atoms with van der Waals surface area (Å²) >= 11 is 0. The second kappa shape index (κ2) is 6.46. The Kier molecular flexibility index (Phi) is 5.07. The molecular formula is C16H26N2O2S. The van der Waals surface area contributed by atoms with Crippen molar-refractivity contribution >= 4 is 10.0 Å². The van der Waals surface area contributed by atoms with Crippen molar-refractivity contribution in [2.75, 3.05) is 7.05 Å². The highest BCUT2D eigenvalue weighted by molar-refractivity contribution is 7.89. The molecule has 1 fully saturated rings. The lowest BCUT2D eigenvalue weighted by molar-refractivity contribution is 0.538. The predicted octanol–water partition coefficient (Wildman–Crippen LogP) is 2.49. The fourth-order valence-electron chi connectivity index (χ4n) is 3.08. The van der Waals surface area contributed by atoms with Crippen LogP contribution in [0.1, 0.15) is 42.9 Å². The van der Waals surface area contributed by atoms with Crippen LogP contribution < -0.4 is 10.0 Å².